The van der Waals surface area contributed by atoms with Crippen molar-refractivity contribution >= 4 is 39.1 Å². The molecule has 1 saturated heterocycles. The van der Waals surface area contributed by atoms with Crippen molar-refractivity contribution < 1.29 is 13.2 Å². The number of hydrogen-bond donors (Lipinski definition) is 1. The molecule has 3 rings (SSSR count). The third kappa shape index (κ3) is 4.40. The summed E-state index contributed by atoms with van der Waals surface area (Å²) in [6, 6.07) is 6.18. The van der Waals surface area contributed by atoms with Crippen molar-refractivity contribution in [3.8, 4) is 0 Å². The van der Waals surface area contributed by atoms with Crippen LogP contribution >= 0.6 is 23.1 Å². The van der Waals surface area contributed by atoms with E-state index in [2.05, 4.69) is 14.3 Å². The van der Waals surface area contributed by atoms with E-state index in [0.717, 1.165) is 24.4 Å². The van der Waals surface area contributed by atoms with Gasteiger partial charge in [0, 0.05) is 24.7 Å². The molecule has 0 atom stereocenters. The summed E-state index contributed by atoms with van der Waals surface area (Å²) in [5.41, 5.74) is 0.649. The van der Waals surface area contributed by atoms with E-state index in [9.17, 15) is 13.2 Å². The summed E-state index contributed by atoms with van der Waals surface area (Å²) in [6.07, 6.45) is 1.49. The van der Waals surface area contributed by atoms with Crippen molar-refractivity contribution in [1.29, 1.82) is 0 Å². The van der Waals surface area contributed by atoms with Gasteiger partial charge in [0.2, 0.25) is 10.0 Å². The predicted octanol–water partition coefficient (Wildman–Crippen LogP) is 2.33. The van der Waals surface area contributed by atoms with Gasteiger partial charge in [0.1, 0.15) is 4.88 Å². The van der Waals surface area contributed by atoms with Gasteiger partial charge in [-0.3, -0.25) is 4.79 Å². The Bertz CT molecular complexity index is 892. The molecule has 0 bridgehead atoms. The second-order valence-electron chi connectivity index (χ2n) is 6.23. The number of halogens is 1. The molecular formula is C16H19ClN4O3S2. The number of nitrogens with zero attached hydrogens (tertiary/aromatic N) is 3. The van der Waals surface area contributed by atoms with E-state index in [1.165, 1.54) is 12.1 Å². The number of hydrogen-bond acceptors (Lipinski definition) is 6. The lowest BCUT2D eigenvalue weighted by Gasteiger charge is -2.31. The number of aryl methyl sites for hydroxylation is 1. The number of likely N-dealkylation sites (tertiary alicyclic amines) is 1. The zero-order chi connectivity index (χ0) is 18.7. The van der Waals surface area contributed by atoms with Crippen molar-refractivity contribution in [2.75, 3.05) is 19.6 Å². The summed E-state index contributed by atoms with van der Waals surface area (Å²) in [4.78, 5) is 15.0. The molecule has 140 valence electrons. The molecule has 2 aromatic rings. The predicted molar refractivity (Wildman–Crippen MR) is 99.9 cm³/mol. The Morgan fingerprint density at radius 3 is 2.73 bits per heavy atom. The minimum atomic E-state index is -3.58. The number of rotatable bonds is 5. The van der Waals surface area contributed by atoms with E-state index in [4.69, 9.17) is 11.6 Å². The van der Waals surface area contributed by atoms with Gasteiger partial charge >= 0.3 is 0 Å². The van der Waals surface area contributed by atoms with Gasteiger partial charge in [-0.1, -0.05) is 22.2 Å². The molecule has 1 aliphatic heterocycles. The summed E-state index contributed by atoms with van der Waals surface area (Å²) >= 11 is 6.97. The lowest BCUT2D eigenvalue weighted by molar-refractivity contribution is 0.0696. The van der Waals surface area contributed by atoms with E-state index in [1.54, 1.807) is 24.0 Å². The van der Waals surface area contributed by atoms with E-state index >= 15 is 0 Å². The molecule has 0 radical (unpaired) electrons. The molecule has 0 unspecified atom stereocenters. The van der Waals surface area contributed by atoms with Crippen molar-refractivity contribution in [1.82, 2.24) is 19.2 Å². The largest absolute Gasteiger partial charge is 0.338 e. The zero-order valence-corrected chi connectivity index (χ0v) is 16.6. The van der Waals surface area contributed by atoms with Gasteiger partial charge in [0.25, 0.3) is 5.91 Å². The van der Waals surface area contributed by atoms with Gasteiger partial charge in [-0.25, -0.2) is 13.1 Å². The Balaban J connectivity index is 1.53. The van der Waals surface area contributed by atoms with Crippen LogP contribution in [0.5, 0.6) is 0 Å². The van der Waals surface area contributed by atoms with E-state index in [-0.39, 0.29) is 16.7 Å². The number of piperidine rings is 1. The van der Waals surface area contributed by atoms with Crippen LogP contribution in [0, 0.1) is 12.8 Å². The molecular weight excluding hydrogens is 396 g/mol. The molecule has 1 fully saturated rings. The topological polar surface area (TPSA) is 92.3 Å². The Kier molecular flexibility index (Phi) is 5.91. The summed E-state index contributed by atoms with van der Waals surface area (Å²) in [5.74, 6) is 0.143. The Morgan fingerprint density at radius 2 is 2.12 bits per heavy atom. The van der Waals surface area contributed by atoms with Crippen LogP contribution in [0.1, 0.15) is 28.2 Å². The highest BCUT2D eigenvalue weighted by molar-refractivity contribution is 7.89. The standard InChI is InChI=1S/C16H19ClN4O3S2/c1-11-15(25-20-19-11)16(22)21-7-5-12(6-8-21)10-18-26(23,24)14-4-2-3-13(17)9-14/h2-4,9,12,18H,5-8,10H2,1H3. The maximum atomic E-state index is 12.5. The van der Waals surface area contributed by atoms with Gasteiger partial charge in [-0.2, -0.15) is 0 Å². The summed E-state index contributed by atoms with van der Waals surface area (Å²) in [7, 11) is -3.58. The summed E-state index contributed by atoms with van der Waals surface area (Å²) in [5, 5.41) is 4.26. The molecule has 1 aromatic heterocycles. The second-order valence-corrected chi connectivity index (χ2v) is 9.19. The van der Waals surface area contributed by atoms with Crippen molar-refractivity contribution in [3.05, 3.63) is 39.9 Å². The van der Waals surface area contributed by atoms with Crippen molar-refractivity contribution in [3.63, 3.8) is 0 Å². The first-order valence-electron chi connectivity index (χ1n) is 8.20. The molecule has 2 heterocycles. The first kappa shape index (κ1) is 19.2. The van der Waals surface area contributed by atoms with Crippen LogP contribution in [0.25, 0.3) is 0 Å². The first-order valence-corrected chi connectivity index (χ1v) is 10.8. The van der Waals surface area contributed by atoms with Gasteiger partial charge in [0.05, 0.1) is 10.6 Å². The van der Waals surface area contributed by atoms with Crippen LogP contribution in [0.2, 0.25) is 5.02 Å². The highest BCUT2D eigenvalue weighted by Gasteiger charge is 2.27. The smallest absolute Gasteiger partial charge is 0.267 e. The van der Waals surface area contributed by atoms with E-state index < -0.39 is 10.0 Å². The second kappa shape index (κ2) is 7.99. The Labute approximate surface area is 161 Å². The van der Waals surface area contributed by atoms with Crippen LogP contribution in [0.4, 0.5) is 0 Å². The van der Waals surface area contributed by atoms with Crippen molar-refractivity contribution in [2.45, 2.75) is 24.7 Å². The van der Waals surface area contributed by atoms with Gasteiger partial charge in [-0.05, 0) is 55.4 Å². The number of benzene rings is 1. The van der Waals surface area contributed by atoms with E-state index in [0.29, 0.717) is 35.2 Å². The minimum Gasteiger partial charge on any atom is -0.338 e. The number of aromatic nitrogens is 2. The third-order valence-electron chi connectivity index (χ3n) is 4.42. The van der Waals surface area contributed by atoms with Gasteiger partial charge < -0.3 is 4.90 Å². The summed E-state index contributed by atoms with van der Waals surface area (Å²) in [6.45, 7) is 3.31. The molecule has 1 aromatic carbocycles. The maximum Gasteiger partial charge on any atom is 0.267 e. The number of carbonyl (C=O) groups is 1. The average Bonchev–Trinajstić information content (AvgIpc) is 3.06. The fourth-order valence-electron chi connectivity index (χ4n) is 2.86. The number of amides is 1. The highest BCUT2D eigenvalue weighted by atomic mass is 35.5. The van der Waals surface area contributed by atoms with Gasteiger partial charge in [-0.15, -0.1) is 5.10 Å². The Morgan fingerprint density at radius 1 is 1.38 bits per heavy atom. The van der Waals surface area contributed by atoms with Crippen molar-refractivity contribution in [2.24, 2.45) is 5.92 Å². The highest BCUT2D eigenvalue weighted by Crippen LogP contribution is 2.21. The zero-order valence-electron chi connectivity index (χ0n) is 14.2. The van der Waals surface area contributed by atoms with Gasteiger partial charge in [0.15, 0.2) is 0 Å². The lowest BCUT2D eigenvalue weighted by atomic mass is 9.97. The maximum absolute atomic E-state index is 12.5. The molecule has 0 saturated carbocycles. The normalized spacial score (nSPS) is 16.0. The van der Waals surface area contributed by atoms with Crippen LogP contribution in [0.15, 0.2) is 29.2 Å². The van der Waals surface area contributed by atoms with Crippen LogP contribution in [-0.4, -0.2) is 48.4 Å². The Hall–Kier alpha value is -1.55. The molecule has 10 heteroatoms. The molecule has 0 spiro atoms. The molecule has 1 amide bonds. The number of carbonyl (C=O) groups excluding carboxylic acids is 1. The fourth-order valence-corrected chi connectivity index (χ4v) is 4.90. The monoisotopic (exact) mass is 414 g/mol. The number of sulfonamides is 1. The molecule has 26 heavy (non-hydrogen) atoms. The average molecular weight is 415 g/mol. The van der Waals surface area contributed by atoms with E-state index in [1.807, 2.05) is 0 Å². The van der Waals surface area contributed by atoms with Crippen LogP contribution < -0.4 is 4.72 Å². The molecule has 1 aliphatic rings. The van der Waals surface area contributed by atoms with Crippen LogP contribution in [-0.2, 0) is 10.0 Å². The molecule has 7 nitrogen and oxygen atoms in total. The fraction of sp³-hybridized carbons (Fsp3) is 0.438. The minimum absolute atomic E-state index is 0.0459. The molecule has 0 aliphatic carbocycles. The third-order valence-corrected chi connectivity index (χ3v) is 6.89. The summed E-state index contributed by atoms with van der Waals surface area (Å²) < 4.78 is 31.1. The first-order chi connectivity index (χ1) is 12.4. The number of nitrogens with one attached hydrogen (secondary N) is 1. The SMILES string of the molecule is Cc1nnsc1C(=O)N1CCC(CNS(=O)(=O)c2cccc(Cl)c2)CC1. The van der Waals surface area contributed by atoms with Crippen LogP contribution in [0.3, 0.4) is 0 Å². The lowest BCUT2D eigenvalue weighted by Crippen LogP contribution is -2.41. The molecule has 1 N–H and O–H groups in total. The quantitative estimate of drug-likeness (QED) is 0.810.